The smallest absolute Gasteiger partial charge is 0.181 e. The molecule has 1 aromatic carbocycles. The van der Waals surface area contributed by atoms with Gasteiger partial charge >= 0.3 is 0 Å². The van der Waals surface area contributed by atoms with Crippen molar-refractivity contribution in [2.75, 3.05) is 5.73 Å². The molecule has 0 radical (unpaired) electrons. The lowest BCUT2D eigenvalue weighted by atomic mass is 10.3. The van der Waals surface area contributed by atoms with Crippen LogP contribution in [0.3, 0.4) is 0 Å². The van der Waals surface area contributed by atoms with E-state index in [1.54, 1.807) is 0 Å². The van der Waals surface area contributed by atoms with Gasteiger partial charge in [-0.25, -0.2) is 9.37 Å². The molecular weight excluding hydrogens is 199 g/mol. The van der Waals surface area contributed by atoms with Crippen molar-refractivity contribution in [3.8, 4) is 0 Å². The van der Waals surface area contributed by atoms with Crippen molar-refractivity contribution in [3.05, 3.63) is 23.0 Å². The highest BCUT2D eigenvalue weighted by Crippen LogP contribution is 2.28. The summed E-state index contributed by atoms with van der Waals surface area (Å²) in [5.41, 5.74) is 5.99. The lowest BCUT2D eigenvalue weighted by molar-refractivity contribution is 0.630. The van der Waals surface area contributed by atoms with Gasteiger partial charge in [0, 0.05) is 6.07 Å². The second-order valence-corrected chi connectivity index (χ2v) is 3.76. The Balaban J connectivity index is 2.83. The molecule has 62 valence electrons. The lowest BCUT2D eigenvalue weighted by Crippen LogP contribution is -1.80. The van der Waals surface area contributed by atoms with Gasteiger partial charge in [0.25, 0.3) is 0 Å². The fraction of sp³-hybridized carbons (Fsp3) is 0. The quantitative estimate of drug-likeness (QED) is 0.714. The summed E-state index contributed by atoms with van der Waals surface area (Å²) in [5.74, 6) is -0.463. The van der Waals surface area contributed by atoms with E-state index in [0.717, 1.165) is 4.70 Å². The van der Waals surface area contributed by atoms with Crippen molar-refractivity contribution in [1.82, 2.24) is 4.98 Å². The molecule has 0 unspecified atom stereocenters. The zero-order chi connectivity index (χ0) is 8.72. The van der Waals surface area contributed by atoms with Crippen LogP contribution in [0.4, 0.5) is 9.52 Å². The molecule has 0 saturated heterocycles. The first kappa shape index (κ1) is 7.76. The maximum absolute atomic E-state index is 12.8. The largest absolute Gasteiger partial charge is 0.375 e. The number of hydrogen-bond acceptors (Lipinski definition) is 3. The predicted octanol–water partition coefficient (Wildman–Crippen LogP) is 2.67. The molecule has 0 bridgehead atoms. The summed E-state index contributed by atoms with van der Waals surface area (Å²) in [4.78, 5) is 3.91. The SMILES string of the molecule is Nc1nc2cc(F)c(Cl)cc2s1. The van der Waals surface area contributed by atoms with Gasteiger partial charge in [-0.3, -0.25) is 0 Å². The van der Waals surface area contributed by atoms with Crippen LogP contribution in [0.5, 0.6) is 0 Å². The summed E-state index contributed by atoms with van der Waals surface area (Å²) in [7, 11) is 0. The number of nitrogen functional groups attached to an aromatic ring is 1. The monoisotopic (exact) mass is 202 g/mol. The highest BCUT2D eigenvalue weighted by molar-refractivity contribution is 7.22. The van der Waals surface area contributed by atoms with Crippen LogP contribution in [0, 0.1) is 5.82 Å². The number of benzene rings is 1. The van der Waals surface area contributed by atoms with Crippen LogP contribution in [0.25, 0.3) is 10.2 Å². The third-order valence-corrected chi connectivity index (χ3v) is 2.58. The molecule has 0 atom stereocenters. The fourth-order valence-corrected chi connectivity index (χ4v) is 1.92. The first-order valence-electron chi connectivity index (χ1n) is 3.18. The number of aromatic nitrogens is 1. The van der Waals surface area contributed by atoms with Gasteiger partial charge in [-0.1, -0.05) is 22.9 Å². The molecule has 0 aliphatic rings. The molecule has 2 N–H and O–H groups in total. The van der Waals surface area contributed by atoms with Gasteiger partial charge in [0.1, 0.15) is 5.82 Å². The highest BCUT2D eigenvalue weighted by Gasteiger charge is 2.05. The van der Waals surface area contributed by atoms with E-state index in [-0.39, 0.29) is 5.02 Å². The Hall–Kier alpha value is -0.870. The van der Waals surface area contributed by atoms with E-state index in [0.29, 0.717) is 10.6 Å². The molecule has 5 heteroatoms. The van der Waals surface area contributed by atoms with Crippen molar-refractivity contribution in [2.45, 2.75) is 0 Å². The van der Waals surface area contributed by atoms with Crippen LogP contribution in [0.2, 0.25) is 5.02 Å². The van der Waals surface area contributed by atoms with Crippen molar-refractivity contribution < 1.29 is 4.39 Å². The summed E-state index contributed by atoms with van der Waals surface area (Å²) in [5, 5.41) is 0.526. The molecule has 0 fully saturated rings. The van der Waals surface area contributed by atoms with Gasteiger partial charge in [-0.15, -0.1) is 0 Å². The van der Waals surface area contributed by atoms with Crippen LogP contribution in [-0.2, 0) is 0 Å². The van der Waals surface area contributed by atoms with E-state index >= 15 is 0 Å². The summed E-state index contributed by atoms with van der Waals surface area (Å²) >= 11 is 6.85. The number of nitrogens with two attached hydrogens (primary N) is 1. The molecule has 2 rings (SSSR count). The Labute approximate surface area is 76.8 Å². The molecule has 0 spiro atoms. The van der Waals surface area contributed by atoms with Crippen LogP contribution in [0.15, 0.2) is 12.1 Å². The zero-order valence-corrected chi connectivity index (χ0v) is 7.42. The molecular formula is C7H4ClFN2S. The van der Waals surface area contributed by atoms with Gasteiger partial charge in [0.2, 0.25) is 0 Å². The summed E-state index contributed by atoms with van der Waals surface area (Å²) in [6.07, 6.45) is 0. The molecule has 12 heavy (non-hydrogen) atoms. The molecule has 0 aliphatic carbocycles. The number of hydrogen-bond donors (Lipinski definition) is 1. The van der Waals surface area contributed by atoms with Crippen molar-refractivity contribution >= 4 is 38.3 Å². The minimum absolute atomic E-state index is 0.103. The van der Waals surface area contributed by atoms with Gasteiger partial charge in [-0.2, -0.15) is 0 Å². The Kier molecular flexibility index (Phi) is 1.66. The fourth-order valence-electron chi connectivity index (χ4n) is 0.941. The third kappa shape index (κ3) is 1.13. The van der Waals surface area contributed by atoms with Crippen LogP contribution in [-0.4, -0.2) is 4.98 Å². The number of nitrogens with zero attached hydrogens (tertiary/aromatic N) is 1. The molecule has 0 amide bonds. The van der Waals surface area contributed by atoms with E-state index in [9.17, 15) is 4.39 Å². The predicted molar refractivity (Wildman–Crippen MR) is 49.0 cm³/mol. The van der Waals surface area contributed by atoms with E-state index < -0.39 is 5.82 Å². The number of rotatable bonds is 0. The normalized spacial score (nSPS) is 10.8. The Morgan fingerprint density at radius 3 is 3.00 bits per heavy atom. The number of thiazole rings is 1. The molecule has 1 heterocycles. The topological polar surface area (TPSA) is 38.9 Å². The summed E-state index contributed by atoms with van der Waals surface area (Å²) in [6.45, 7) is 0. The lowest BCUT2D eigenvalue weighted by Gasteiger charge is -1.91. The van der Waals surface area contributed by atoms with E-state index in [4.69, 9.17) is 17.3 Å². The van der Waals surface area contributed by atoms with Crippen molar-refractivity contribution in [3.63, 3.8) is 0 Å². The standard InChI is InChI=1S/C7H4ClFN2S/c8-3-1-6-5(2-4(3)9)11-7(10)12-6/h1-2H,(H2,10,11). The summed E-state index contributed by atoms with van der Waals surface area (Å²) in [6, 6.07) is 2.81. The van der Waals surface area contributed by atoms with Crippen LogP contribution in [0.1, 0.15) is 0 Å². The first-order valence-corrected chi connectivity index (χ1v) is 4.37. The van der Waals surface area contributed by atoms with Crippen molar-refractivity contribution in [1.29, 1.82) is 0 Å². The van der Waals surface area contributed by atoms with Crippen molar-refractivity contribution in [2.24, 2.45) is 0 Å². The second-order valence-electron chi connectivity index (χ2n) is 2.29. The number of halogens is 2. The maximum Gasteiger partial charge on any atom is 0.181 e. The van der Waals surface area contributed by atoms with Gasteiger partial charge in [0.15, 0.2) is 5.13 Å². The summed E-state index contributed by atoms with van der Waals surface area (Å²) < 4.78 is 13.7. The van der Waals surface area contributed by atoms with Gasteiger partial charge in [0.05, 0.1) is 15.2 Å². The Bertz CT molecular complexity index is 401. The number of fused-ring (bicyclic) bond motifs is 1. The average Bonchev–Trinajstić information content (AvgIpc) is 2.30. The Morgan fingerprint density at radius 2 is 2.25 bits per heavy atom. The van der Waals surface area contributed by atoms with E-state index in [2.05, 4.69) is 4.98 Å². The first-order chi connectivity index (χ1) is 5.66. The van der Waals surface area contributed by atoms with E-state index in [1.807, 2.05) is 0 Å². The van der Waals surface area contributed by atoms with Crippen LogP contribution >= 0.6 is 22.9 Å². The molecule has 1 aromatic heterocycles. The van der Waals surface area contributed by atoms with Gasteiger partial charge < -0.3 is 5.73 Å². The Morgan fingerprint density at radius 1 is 1.50 bits per heavy atom. The molecule has 2 aromatic rings. The number of anilines is 1. The maximum atomic E-state index is 12.8. The van der Waals surface area contributed by atoms with Gasteiger partial charge in [-0.05, 0) is 6.07 Å². The minimum atomic E-state index is -0.463. The molecule has 0 saturated carbocycles. The molecule has 0 aliphatic heterocycles. The molecule has 2 nitrogen and oxygen atoms in total. The third-order valence-electron chi connectivity index (χ3n) is 1.45. The van der Waals surface area contributed by atoms with E-state index in [1.165, 1.54) is 23.5 Å². The van der Waals surface area contributed by atoms with Crippen LogP contribution < -0.4 is 5.73 Å². The second kappa shape index (κ2) is 2.57. The highest BCUT2D eigenvalue weighted by atomic mass is 35.5. The minimum Gasteiger partial charge on any atom is -0.375 e. The zero-order valence-electron chi connectivity index (χ0n) is 5.84. The average molecular weight is 203 g/mol.